The zero-order chi connectivity index (χ0) is 13.5. The average Bonchev–Trinajstić information content (AvgIpc) is 2.30. The summed E-state index contributed by atoms with van der Waals surface area (Å²) in [5.41, 5.74) is 7.20. The first-order valence-electron chi connectivity index (χ1n) is 5.99. The van der Waals surface area contributed by atoms with Crippen molar-refractivity contribution in [3.63, 3.8) is 0 Å². The highest BCUT2D eigenvalue weighted by Gasteiger charge is 2.04. The largest absolute Gasteiger partial charge is 0.495 e. The standard InChI is InChI=1S/C13H21N3O2/c1-9(2)16-13(17)6-7-15-10-4-5-11(14)12(8-10)18-3/h4-5,8-9,15H,6-7,14H2,1-3H3,(H,16,17). The lowest BCUT2D eigenvalue weighted by Crippen LogP contribution is -2.31. The predicted octanol–water partition coefficient (Wildman–Crippen LogP) is 1.60. The van der Waals surface area contributed by atoms with Gasteiger partial charge in [0.15, 0.2) is 0 Å². The van der Waals surface area contributed by atoms with Gasteiger partial charge < -0.3 is 21.1 Å². The Labute approximate surface area is 108 Å². The zero-order valence-corrected chi connectivity index (χ0v) is 11.1. The Morgan fingerprint density at radius 1 is 1.44 bits per heavy atom. The lowest BCUT2D eigenvalue weighted by atomic mass is 10.2. The van der Waals surface area contributed by atoms with Crippen molar-refractivity contribution in [3.8, 4) is 5.75 Å². The number of amides is 1. The fourth-order valence-corrected chi connectivity index (χ4v) is 1.54. The lowest BCUT2D eigenvalue weighted by molar-refractivity contribution is -0.121. The number of ether oxygens (including phenoxy) is 1. The van der Waals surface area contributed by atoms with Gasteiger partial charge in [-0.2, -0.15) is 0 Å². The third-order valence-electron chi connectivity index (χ3n) is 2.36. The Balaban J connectivity index is 2.42. The van der Waals surface area contributed by atoms with Gasteiger partial charge in [0.05, 0.1) is 12.8 Å². The van der Waals surface area contributed by atoms with Crippen LogP contribution >= 0.6 is 0 Å². The van der Waals surface area contributed by atoms with E-state index >= 15 is 0 Å². The second kappa shape index (κ2) is 6.74. The van der Waals surface area contributed by atoms with E-state index in [1.54, 1.807) is 13.2 Å². The highest BCUT2D eigenvalue weighted by molar-refractivity contribution is 5.76. The van der Waals surface area contributed by atoms with Gasteiger partial charge in [0, 0.05) is 30.8 Å². The van der Waals surface area contributed by atoms with Crippen LogP contribution in [0.4, 0.5) is 11.4 Å². The van der Waals surface area contributed by atoms with Gasteiger partial charge in [-0.3, -0.25) is 4.79 Å². The van der Waals surface area contributed by atoms with E-state index in [1.807, 2.05) is 26.0 Å². The lowest BCUT2D eigenvalue weighted by Gasteiger charge is -2.11. The minimum atomic E-state index is 0.0416. The molecule has 0 fully saturated rings. The maximum absolute atomic E-state index is 11.4. The molecule has 0 bridgehead atoms. The Morgan fingerprint density at radius 2 is 2.17 bits per heavy atom. The molecule has 0 atom stereocenters. The van der Waals surface area contributed by atoms with Crippen LogP contribution in [0.25, 0.3) is 0 Å². The van der Waals surface area contributed by atoms with Crippen molar-refractivity contribution in [1.82, 2.24) is 5.32 Å². The number of nitrogens with one attached hydrogen (secondary N) is 2. The number of nitrogens with two attached hydrogens (primary N) is 1. The van der Waals surface area contributed by atoms with Crippen LogP contribution in [0.15, 0.2) is 18.2 Å². The minimum Gasteiger partial charge on any atom is -0.495 e. The van der Waals surface area contributed by atoms with Crippen molar-refractivity contribution in [2.45, 2.75) is 26.3 Å². The van der Waals surface area contributed by atoms with Crippen molar-refractivity contribution < 1.29 is 9.53 Å². The number of hydrogen-bond donors (Lipinski definition) is 3. The number of nitrogen functional groups attached to an aromatic ring is 1. The maximum atomic E-state index is 11.4. The highest BCUT2D eigenvalue weighted by atomic mass is 16.5. The molecule has 0 aliphatic carbocycles. The number of methoxy groups -OCH3 is 1. The van der Waals surface area contributed by atoms with Gasteiger partial charge in [0.25, 0.3) is 0 Å². The van der Waals surface area contributed by atoms with Crippen molar-refractivity contribution in [2.24, 2.45) is 0 Å². The minimum absolute atomic E-state index is 0.0416. The number of anilines is 2. The molecular weight excluding hydrogens is 230 g/mol. The molecule has 18 heavy (non-hydrogen) atoms. The molecule has 100 valence electrons. The van der Waals surface area contributed by atoms with Crippen LogP contribution in [-0.4, -0.2) is 25.6 Å². The quantitative estimate of drug-likeness (QED) is 0.671. The molecule has 1 amide bonds. The van der Waals surface area contributed by atoms with Crippen molar-refractivity contribution in [2.75, 3.05) is 24.7 Å². The fourth-order valence-electron chi connectivity index (χ4n) is 1.54. The van der Waals surface area contributed by atoms with Crippen LogP contribution in [0.5, 0.6) is 5.75 Å². The third-order valence-corrected chi connectivity index (χ3v) is 2.36. The molecule has 5 heteroatoms. The van der Waals surface area contributed by atoms with Crippen molar-refractivity contribution >= 4 is 17.3 Å². The van der Waals surface area contributed by atoms with Gasteiger partial charge >= 0.3 is 0 Å². The fraction of sp³-hybridized carbons (Fsp3) is 0.462. The molecular formula is C13H21N3O2. The molecule has 0 saturated heterocycles. The summed E-state index contributed by atoms with van der Waals surface area (Å²) in [7, 11) is 1.57. The summed E-state index contributed by atoms with van der Waals surface area (Å²) < 4.78 is 5.12. The first-order valence-corrected chi connectivity index (χ1v) is 5.99. The first kappa shape index (κ1) is 14.2. The van der Waals surface area contributed by atoms with Gasteiger partial charge in [0.1, 0.15) is 5.75 Å². The summed E-state index contributed by atoms with van der Waals surface area (Å²) in [5, 5.41) is 5.99. The molecule has 0 radical (unpaired) electrons. The molecule has 1 aromatic rings. The van der Waals surface area contributed by atoms with E-state index in [9.17, 15) is 4.79 Å². The number of carbonyl (C=O) groups excluding carboxylic acids is 1. The van der Waals surface area contributed by atoms with Gasteiger partial charge in [0.2, 0.25) is 5.91 Å². The van der Waals surface area contributed by atoms with E-state index in [0.717, 1.165) is 5.69 Å². The van der Waals surface area contributed by atoms with E-state index in [2.05, 4.69) is 10.6 Å². The molecule has 4 N–H and O–H groups in total. The van der Waals surface area contributed by atoms with Crippen molar-refractivity contribution in [1.29, 1.82) is 0 Å². The summed E-state index contributed by atoms with van der Waals surface area (Å²) in [4.78, 5) is 11.4. The molecule has 0 saturated carbocycles. The molecule has 0 unspecified atom stereocenters. The summed E-state index contributed by atoms with van der Waals surface area (Å²) in [6, 6.07) is 5.62. The second-order valence-electron chi connectivity index (χ2n) is 4.36. The summed E-state index contributed by atoms with van der Waals surface area (Å²) in [6.45, 7) is 4.46. The third kappa shape index (κ3) is 4.53. The Kier molecular flexibility index (Phi) is 5.30. The summed E-state index contributed by atoms with van der Waals surface area (Å²) in [6.07, 6.45) is 0.435. The topological polar surface area (TPSA) is 76.4 Å². The van der Waals surface area contributed by atoms with Gasteiger partial charge in [-0.25, -0.2) is 0 Å². The van der Waals surface area contributed by atoms with Crippen LogP contribution in [-0.2, 0) is 4.79 Å². The normalized spacial score (nSPS) is 10.2. The molecule has 0 aliphatic heterocycles. The number of hydrogen-bond acceptors (Lipinski definition) is 4. The van der Waals surface area contributed by atoms with E-state index < -0.39 is 0 Å². The van der Waals surface area contributed by atoms with Crippen LogP contribution in [0, 0.1) is 0 Å². The SMILES string of the molecule is COc1cc(NCCC(=O)NC(C)C)ccc1N. The molecule has 1 rings (SSSR count). The smallest absolute Gasteiger partial charge is 0.221 e. The zero-order valence-electron chi connectivity index (χ0n) is 11.1. The number of carbonyl (C=O) groups is 1. The number of rotatable bonds is 6. The molecule has 0 aromatic heterocycles. The van der Waals surface area contributed by atoms with E-state index in [4.69, 9.17) is 10.5 Å². The van der Waals surface area contributed by atoms with Crippen LogP contribution in [0.2, 0.25) is 0 Å². The molecule has 0 heterocycles. The molecule has 0 spiro atoms. The first-order chi connectivity index (χ1) is 8.52. The predicted molar refractivity (Wildman–Crippen MR) is 73.8 cm³/mol. The van der Waals surface area contributed by atoms with Gasteiger partial charge in [-0.15, -0.1) is 0 Å². The van der Waals surface area contributed by atoms with Gasteiger partial charge in [-0.05, 0) is 26.0 Å². The monoisotopic (exact) mass is 251 g/mol. The van der Waals surface area contributed by atoms with E-state index in [1.165, 1.54) is 0 Å². The van der Waals surface area contributed by atoms with E-state index in [-0.39, 0.29) is 11.9 Å². The molecule has 5 nitrogen and oxygen atoms in total. The van der Waals surface area contributed by atoms with E-state index in [0.29, 0.717) is 24.4 Å². The summed E-state index contributed by atoms with van der Waals surface area (Å²) >= 11 is 0. The Bertz CT molecular complexity index is 405. The van der Waals surface area contributed by atoms with Gasteiger partial charge in [-0.1, -0.05) is 0 Å². The summed E-state index contributed by atoms with van der Waals surface area (Å²) in [5.74, 6) is 0.673. The molecule has 0 aliphatic rings. The second-order valence-corrected chi connectivity index (χ2v) is 4.36. The Hall–Kier alpha value is -1.91. The van der Waals surface area contributed by atoms with Crippen LogP contribution in [0.3, 0.4) is 0 Å². The Morgan fingerprint density at radius 3 is 2.78 bits per heavy atom. The maximum Gasteiger partial charge on any atom is 0.221 e. The number of benzene rings is 1. The van der Waals surface area contributed by atoms with Crippen molar-refractivity contribution in [3.05, 3.63) is 18.2 Å². The average molecular weight is 251 g/mol. The molecule has 1 aromatic carbocycles. The van der Waals surface area contributed by atoms with Crippen LogP contribution in [0.1, 0.15) is 20.3 Å². The van der Waals surface area contributed by atoms with Crippen LogP contribution < -0.4 is 21.1 Å². The highest BCUT2D eigenvalue weighted by Crippen LogP contribution is 2.24.